The van der Waals surface area contributed by atoms with Gasteiger partial charge in [-0.25, -0.2) is 13.4 Å². The number of oxazole rings is 1. The van der Waals surface area contributed by atoms with E-state index in [-0.39, 0.29) is 28.8 Å². The van der Waals surface area contributed by atoms with Crippen LogP contribution in [-0.4, -0.2) is 47.1 Å². The van der Waals surface area contributed by atoms with E-state index in [1.165, 1.54) is 12.1 Å². The molecule has 0 radical (unpaired) electrons. The lowest BCUT2D eigenvalue weighted by Crippen LogP contribution is -2.35. The molecule has 2 aromatic carbocycles. The number of carbonyl (C=O) groups is 1. The highest BCUT2D eigenvalue weighted by Crippen LogP contribution is 2.25. The van der Waals surface area contributed by atoms with E-state index in [1.807, 2.05) is 44.2 Å². The molecule has 11 heteroatoms. The van der Waals surface area contributed by atoms with E-state index in [0.717, 1.165) is 24.8 Å². The Morgan fingerprint density at radius 3 is 2.46 bits per heavy atom. The number of carbonyl (C=O) groups excluding carboxylic acids is 1. The summed E-state index contributed by atoms with van der Waals surface area (Å²) in [5, 5.41) is 4.31. The predicted octanol–water partition coefficient (Wildman–Crippen LogP) is 4.87. The normalized spacial score (nSPS) is 13.8. The third kappa shape index (κ3) is 5.98. The smallest absolute Gasteiger partial charge is 0.263 e. The van der Waals surface area contributed by atoms with Gasteiger partial charge in [-0.3, -0.25) is 14.2 Å². The topological polar surface area (TPSA) is 120 Å². The number of benzene rings is 2. The van der Waals surface area contributed by atoms with Crippen LogP contribution in [0.3, 0.4) is 0 Å². The molecule has 1 fully saturated rings. The van der Waals surface area contributed by atoms with Gasteiger partial charge in [0.25, 0.3) is 15.9 Å². The molecule has 0 saturated carbocycles. The van der Waals surface area contributed by atoms with Crippen LogP contribution in [0.15, 0.2) is 70.1 Å². The fourth-order valence-corrected chi connectivity index (χ4v) is 5.42. The number of anilines is 1. The zero-order valence-electron chi connectivity index (χ0n) is 22.0. The van der Waals surface area contributed by atoms with E-state index in [0.29, 0.717) is 42.7 Å². The monoisotopic (exact) mass is 549 g/mol. The molecule has 5 rings (SSSR count). The molecule has 4 aromatic rings. The Morgan fingerprint density at radius 1 is 1.05 bits per heavy atom. The summed E-state index contributed by atoms with van der Waals surface area (Å²) in [5.74, 6) is 1.47. The SMILES string of the molecule is CCn1cc(C(=O)N2CCCCC2)c(NS(=O)(=O)c2ccc(OCc3nc(-c4ccccc4)oc3C)cc2)n1. The number of hydrogen-bond donors (Lipinski definition) is 1. The largest absolute Gasteiger partial charge is 0.487 e. The second kappa shape index (κ2) is 11.3. The van der Waals surface area contributed by atoms with Crippen LogP contribution in [0.2, 0.25) is 0 Å². The van der Waals surface area contributed by atoms with E-state index < -0.39 is 10.0 Å². The molecule has 0 aliphatic carbocycles. The van der Waals surface area contributed by atoms with Gasteiger partial charge in [-0.2, -0.15) is 5.10 Å². The molecule has 0 bridgehead atoms. The molecule has 1 saturated heterocycles. The first-order valence-electron chi connectivity index (χ1n) is 13.0. The van der Waals surface area contributed by atoms with Crippen molar-refractivity contribution in [2.24, 2.45) is 0 Å². The second-order valence-electron chi connectivity index (χ2n) is 9.35. The summed E-state index contributed by atoms with van der Waals surface area (Å²) in [6.45, 7) is 5.69. The number of nitrogens with zero attached hydrogens (tertiary/aromatic N) is 4. The number of ether oxygens (including phenoxy) is 1. The number of likely N-dealkylation sites (tertiary alicyclic amines) is 1. The first kappa shape index (κ1) is 26.5. The third-order valence-electron chi connectivity index (χ3n) is 6.61. The Bertz CT molecular complexity index is 1540. The molecule has 0 unspecified atom stereocenters. The molecule has 1 aliphatic heterocycles. The van der Waals surface area contributed by atoms with E-state index in [2.05, 4.69) is 14.8 Å². The van der Waals surface area contributed by atoms with E-state index in [1.54, 1.807) is 27.9 Å². The minimum Gasteiger partial charge on any atom is -0.487 e. The summed E-state index contributed by atoms with van der Waals surface area (Å²) in [4.78, 5) is 19.4. The van der Waals surface area contributed by atoms with Crippen molar-refractivity contribution < 1.29 is 22.4 Å². The fourth-order valence-electron chi connectivity index (χ4n) is 4.40. The summed E-state index contributed by atoms with van der Waals surface area (Å²) in [5.41, 5.74) is 1.78. The molecular weight excluding hydrogens is 518 g/mol. The van der Waals surface area contributed by atoms with Crippen LogP contribution < -0.4 is 9.46 Å². The number of sulfonamides is 1. The van der Waals surface area contributed by atoms with E-state index in [9.17, 15) is 13.2 Å². The molecule has 0 atom stereocenters. The number of hydrogen-bond acceptors (Lipinski definition) is 7. The Hall–Kier alpha value is -4.12. The van der Waals surface area contributed by atoms with E-state index in [4.69, 9.17) is 9.15 Å². The molecule has 204 valence electrons. The van der Waals surface area contributed by atoms with Gasteiger partial charge in [0.1, 0.15) is 29.4 Å². The molecule has 10 nitrogen and oxygen atoms in total. The number of aromatic nitrogens is 3. The van der Waals surface area contributed by atoms with Crippen molar-refractivity contribution >= 4 is 21.7 Å². The number of aryl methyl sites for hydroxylation is 2. The summed E-state index contributed by atoms with van der Waals surface area (Å²) in [7, 11) is -3.99. The molecule has 39 heavy (non-hydrogen) atoms. The highest BCUT2D eigenvalue weighted by Gasteiger charge is 2.26. The summed E-state index contributed by atoms with van der Waals surface area (Å²) in [6, 6.07) is 15.6. The van der Waals surface area contributed by atoms with Crippen molar-refractivity contribution in [1.82, 2.24) is 19.7 Å². The number of amides is 1. The molecule has 2 aromatic heterocycles. The number of rotatable bonds is 9. The molecule has 0 spiro atoms. The number of piperidine rings is 1. The van der Waals surface area contributed by atoms with Crippen molar-refractivity contribution in [2.75, 3.05) is 17.8 Å². The standard InChI is InChI=1S/C28H31N5O5S/c1-3-33-18-24(28(34)32-16-8-5-9-17-32)26(30-33)31-39(35,36)23-14-12-22(13-15-23)37-19-25-20(2)38-27(29-25)21-10-6-4-7-11-21/h4,6-7,10-15,18H,3,5,8-9,16-17,19H2,1-2H3,(H,30,31). The second-order valence-corrected chi connectivity index (χ2v) is 11.0. The van der Waals surface area contributed by atoms with E-state index >= 15 is 0 Å². The number of nitrogens with one attached hydrogen (secondary N) is 1. The molecular formula is C28H31N5O5S. The zero-order valence-corrected chi connectivity index (χ0v) is 22.8. The fraction of sp³-hybridized carbons (Fsp3) is 0.321. The molecule has 1 amide bonds. The van der Waals surface area contributed by atoms with Crippen LogP contribution in [0.25, 0.3) is 11.5 Å². The Labute approximate surface area is 227 Å². The quantitative estimate of drug-likeness (QED) is 0.316. The van der Waals surface area contributed by atoms with Crippen molar-refractivity contribution in [3.05, 3.63) is 77.8 Å². The predicted molar refractivity (Wildman–Crippen MR) is 146 cm³/mol. The molecule has 3 heterocycles. The zero-order chi connectivity index (χ0) is 27.4. The first-order valence-corrected chi connectivity index (χ1v) is 14.5. The summed E-state index contributed by atoms with van der Waals surface area (Å²) < 4.78 is 42.0. The first-order chi connectivity index (χ1) is 18.8. The third-order valence-corrected chi connectivity index (χ3v) is 7.97. The van der Waals surface area contributed by atoms with Crippen molar-refractivity contribution in [1.29, 1.82) is 0 Å². The maximum absolute atomic E-state index is 13.2. The Kier molecular flexibility index (Phi) is 7.69. The van der Waals surface area contributed by atoms with Gasteiger partial charge in [-0.05, 0) is 69.5 Å². The maximum Gasteiger partial charge on any atom is 0.263 e. The average molecular weight is 550 g/mol. The molecule has 1 N–H and O–H groups in total. The average Bonchev–Trinajstić information content (AvgIpc) is 3.55. The lowest BCUT2D eigenvalue weighted by molar-refractivity contribution is 0.0725. The van der Waals surface area contributed by atoms with Gasteiger partial charge in [-0.1, -0.05) is 18.2 Å². The minimum absolute atomic E-state index is 0.0289. The maximum atomic E-state index is 13.2. The van der Waals surface area contributed by atoms with Crippen LogP contribution in [-0.2, 0) is 23.2 Å². The van der Waals surface area contributed by atoms with Crippen LogP contribution in [0.5, 0.6) is 5.75 Å². The van der Waals surface area contributed by atoms with Gasteiger partial charge in [0.15, 0.2) is 5.82 Å². The Balaban J connectivity index is 1.27. The van der Waals surface area contributed by atoms with Gasteiger partial charge < -0.3 is 14.1 Å². The van der Waals surface area contributed by atoms with Crippen LogP contribution in [0, 0.1) is 6.92 Å². The highest BCUT2D eigenvalue weighted by molar-refractivity contribution is 7.92. The Morgan fingerprint density at radius 2 is 1.77 bits per heavy atom. The van der Waals surface area contributed by atoms with Gasteiger partial charge in [0.2, 0.25) is 5.89 Å². The summed E-state index contributed by atoms with van der Waals surface area (Å²) >= 11 is 0. The lowest BCUT2D eigenvalue weighted by atomic mass is 10.1. The van der Waals surface area contributed by atoms with Gasteiger partial charge in [0, 0.05) is 31.4 Å². The van der Waals surface area contributed by atoms with Crippen molar-refractivity contribution in [3.63, 3.8) is 0 Å². The summed E-state index contributed by atoms with van der Waals surface area (Å²) in [6.07, 6.45) is 4.56. The van der Waals surface area contributed by atoms with Gasteiger partial charge in [0.05, 0.1) is 4.90 Å². The van der Waals surface area contributed by atoms with Crippen LogP contribution >= 0.6 is 0 Å². The molecule has 1 aliphatic rings. The minimum atomic E-state index is -3.99. The lowest BCUT2D eigenvalue weighted by Gasteiger charge is -2.26. The highest BCUT2D eigenvalue weighted by atomic mass is 32.2. The van der Waals surface area contributed by atoms with Crippen LogP contribution in [0.1, 0.15) is 48.0 Å². The van der Waals surface area contributed by atoms with Crippen molar-refractivity contribution in [3.8, 4) is 17.2 Å². The van der Waals surface area contributed by atoms with Gasteiger partial charge in [-0.15, -0.1) is 0 Å². The van der Waals surface area contributed by atoms with Crippen LogP contribution in [0.4, 0.5) is 5.82 Å². The van der Waals surface area contributed by atoms with Crippen molar-refractivity contribution in [2.45, 2.75) is 51.2 Å². The van der Waals surface area contributed by atoms with Gasteiger partial charge >= 0.3 is 0 Å².